The van der Waals surface area contributed by atoms with Crippen LogP contribution in [0.4, 0.5) is 26.4 Å². The Bertz CT molecular complexity index is 1290. The molecular weight excluding hydrogens is 449 g/mol. The minimum absolute atomic E-state index is 0.291. The maximum atomic E-state index is 15.1. The molecule has 0 unspecified atom stereocenters. The second-order valence-corrected chi connectivity index (χ2v) is 9.40. The van der Waals surface area contributed by atoms with Crippen LogP contribution >= 0.6 is 0 Å². The molecule has 0 saturated carbocycles. The van der Waals surface area contributed by atoms with Crippen molar-refractivity contribution in [3.8, 4) is 5.75 Å². The summed E-state index contributed by atoms with van der Waals surface area (Å²) in [5.74, 6) is 0.671. The lowest BCUT2D eigenvalue weighted by molar-refractivity contribution is 0.00678. The Labute approximate surface area is 204 Å². The number of aryl methyl sites for hydroxylation is 1. The quantitative estimate of drug-likeness (QED) is 0.562. The summed E-state index contributed by atoms with van der Waals surface area (Å²) in [7, 11) is 3.63. The normalized spacial score (nSPS) is 17.7. The van der Waals surface area contributed by atoms with Gasteiger partial charge in [0.2, 0.25) is 0 Å². The van der Waals surface area contributed by atoms with Gasteiger partial charge in [-0.25, -0.2) is 19.2 Å². The van der Waals surface area contributed by atoms with Crippen LogP contribution in [0, 0.1) is 12.7 Å². The number of carbonyl (C=O) groups excluding carboxylic acids is 1. The molecule has 2 fully saturated rings. The summed E-state index contributed by atoms with van der Waals surface area (Å²) >= 11 is 0. The maximum absolute atomic E-state index is 15.1. The number of likely N-dealkylation sites (tertiary alicyclic amines) is 1. The molecule has 5 rings (SSSR count). The first kappa shape index (κ1) is 23.3. The molecule has 3 aromatic rings. The third-order valence-corrected chi connectivity index (χ3v) is 7.18. The number of nitrogens with zero attached hydrogens (tertiary/aromatic N) is 4. The molecule has 2 aliphatic heterocycles. The fourth-order valence-corrected chi connectivity index (χ4v) is 5.02. The van der Waals surface area contributed by atoms with Crippen molar-refractivity contribution in [3.05, 3.63) is 47.5 Å². The Morgan fingerprint density at radius 1 is 1.23 bits per heavy atom. The highest BCUT2D eigenvalue weighted by atomic mass is 19.1. The minimum atomic E-state index is -0.501. The van der Waals surface area contributed by atoms with Gasteiger partial charge in [0.05, 0.1) is 30.5 Å². The molecule has 0 atom stereocenters. The highest BCUT2D eigenvalue weighted by molar-refractivity contribution is 6.00. The number of hydrogen-bond donors (Lipinski definition) is 1. The van der Waals surface area contributed by atoms with Crippen molar-refractivity contribution >= 4 is 34.2 Å². The number of nitrogens with one attached hydrogen (secondary N) is 1. The van der Waals surface area contributed by atoms with E-state index in [0.29, 0.717) is 52.4 Å². The van der Waals surface area contributed by atoms with Gasteiger partial charge in [0.15, 0.2) is 0 Å². The van der Waals surface area contributed by atoms with E-state index in [0.717, 1.165) is 31.5 Å². The van der Waals surface area contributed by atoms with E-state index in [9.17, 15) is 4.79 Å². The van der Waals surface area contributed by atoms with Gasteiger partial charge in [-0.2, -0.15) is 0 Å². The Morgan fingerprint density at radius 3 is 2.71 bits per heavy atom. The molecule has 0 aliphatic carbocycles. The molecule has 35 heavy (non-hydrogen) atoms. The van der Waals surface area contributed by atoms with E-state index in [1.807, 2.05) is 26.0 Å². The van der Waals surface area contributed by atoms with Crippen LogP contribution in [0.2, 0.25) is 0 Å². The van der Waals surface area contributed by atoms with Gasteiger partial charge >= 0.3 is 6.09 Å². The van der Waals surface area contributed by atoms with Gasteiger partial charge in [-0.1, -0.05) is 13.0 Å². The van der Waals surface area contributed by atoms with Crippen LogP contribution in [0.1, 0.15) is 30.9 Å². The van der Waals surface area contributed by atoms with Gasteiger partial charge < -0.3 is 19.7 Å². The van der Waals surface area contributed by atoms with Crippen molar-refractivity contribution in [1.82, 2.24) is 14.9 Å². The summed E-state index contributed by atoms with van der Waals surface area (Å²) in [6.07, 6.45) is 3.19. The molecule has 2 saturated heterocycles. The lowest BCUT2D eigenvalue weighted by atomic mass is 9.91. The molecule has 2 aliphatic rings. The zero-order valence-corrected chi connectivity index (χ0v) is 20.5. The molecule has 2 aromatic carbocycles. The SMILES string of the molecule is CCc1c(C)ccc(Nc2ncnc3cc(OC)c(N4CC5(CCN(C)CC5)OC4=O)cc23)c1F. The molecule has 0 radical (unpaired) electrons. The molecule has 1 amide bonds. The summed E-state index contributed by atoms with van der Waals surface area (Å²) in [5, 5.41) is 3.79. The Hall–Kier alpha value is -3.46. The number of rotatable bonds is 5. The zero-order chi connectivity index (χ0) is 24.7. The predicted molar refractivity (Wildman–Crippen MR) is 133 cm³/mol. The van der Waals surface area contributed by atoms with E-state index >= 15 is 4.39 Å². The number of hydrogen-bond acceptors (Lipinski definition) is 7. The number of anilines is 3. The number of halogens is 1. The first-order valence-electron chi connectivity index (χ1n) is 11.9. The van der Waals surface area contributed by atoms with Gasteiger partial charge in [-0.3, -0.25) is 4.90 Å². The standard InChI is InChI=1S/C26H30FN5O3/c1-5-17-16(2)6-7-19(23(17)27)30-24-18-12-21(22(34-4)13-20(18)28-15-29-24)32-14-26(35-25(32)33)8-10-31(3)11-9-26/h6-7,12-13,15H,5,8-11,14H2,1-4H3,(H,28,29,30). The van der Waals surface area contributed by atoms with E-state index in [-0.39, 0.29) is 5.82 Å². The summed E-state index contributed by atoms with van der Waals surface area (Å²) in [6, 6.07) is 7.19. The minimum Gasteiger partial charge on any atom is -0.494 e. The molecule has 1 spiro atoms. The van der Waals surface area contributed by atoms with Crippen LogP contribution in [0.5, 0.6) is 5.75 Å². The first-order chi connectivity index (χ1) is 16.8. The van der Waals surface area contributed by atoms with E-state index in [1.54, 1.807) is 24.1 Å². The highest BCUT2D eigenvalue weighted by Gasteiger charge is 2.47. The monoisotopic (exact) mass is 479 g/mol. The Kier molecular flexibility index (Phi) is 5.96. The van der Waals surface area contributed by atoms with Crippen LogP contribution < -0.4 is 15.0 Å². The first-order valence-corrected chi connectivity index (χ1v) is 11.9. The Balaban J connectivity index is 1.54. The van der Waals surface area contributed by atoms with Gasteiger partial charge in [-0.05, 0) is 43.7 Å². The van der Waals surface area contributed by atoms with Crippen LogP contribution in [0.15, 0.2) is 30.6 Å². The molecule has 8 nitrogen and oxygen atoms in total. The van der Waals surface area contributed by atoms with Crippen molar-refractivity contribution in [2.45, 2.75) is 38.7 Å². The third kappa shape index (κ3) is 4.14. The highest BCUT2D eigenvalue weighted by Crippen LogP contribution is 2.41. The summed E-state index contributed by atoms with van der Waals surface area (Å²) in [4.78, 5) is 25.6. The fraction of sp³-hybridized carbons (Fsp3) is 0.423. The van der Waals surface area contributed by atoms with Crippen LogP contribution in [-0.2, 0) is 11.2 Å². The predicted octanol–water partition coefficient (Wildman–Crippen LogP) is 4.81. The maximum Gasteiger partial charge on any atom is 0.415 e. The van der Waals surface area contributed by atoms with Gasteiger partial charge in [-0.15, -0.1) is 0 Å². The molecule has 184 valence electrons. The fourth-order valence-electron chi connectivity index (χ4n) is 5.02. The summed E-state index contributed by atoms with van der Waals surface area (Å²) < 4.78 is 26.7. The topological polar surface area (TPSA) is 79.8 Å². The average molecular weight is 480 g/mol. The van der Waals surface area contributed by atoms with Crippen molar-refractivity contribution < 1.29 is 18.7 Å². The second-order valence-electron chi connectivity index (χ2n) is 9.40. The van der Waals surface area contributed by atoms with Crippen molar-refractivity contribution in [1.29, 1.82) is 0 Å². The van der Waals surface area contributed by atoms with E-state index in [4.69, 9.17) is 9.47 Å². The molecular formula is C26H30FN5O3. The van der Waals surface area contributed by atoms with Crippen molar-refractivity contribution in [2.24, 2.45) is 0 Å². The average Bonchev–Trinajstić information content (AvgIpc) is 3.18. The number of piperidine rings is 1. The number of methoxy groups -OCH3 is 1. The van der Waals surface area contributed by atoms with Gasteiger partial charge in [0.25, 0.3) is 0 Å². The number of benzene rings is 2. The number of fused-ring (bicyclic) bond motifs is 1. The van der Waals surface area contributed by atoms with Crippen LogP contribution in [0.25, 0.3) is 10.9 Å². The number of aromatic nitrogens is 2. The number of ether oxygens (including phenoxy) is 2. The lowest BCUT2D eigenvalue weighted by Crippen LogP contribution is -2.45. The Morgan fingerprint density at radius 2 is 2.00 bits per heavy atom. The number of carbonyl (C=O) groups is 1. The third-order valence-electron chi connectivity index (χ3n) is 7.18. The van der Waals surface area contributed by atoms with Gasteiger partial charge in [0.1, 0.15) is 29.3 Å². The molecule has 1 N–H and O–H groups in total. The second kappa shape index (κ2) is 8.96. The van der Waals surface area contributed by atoms with Crippen molar-refractivity contribution in [2.75, 3.05) is 44.0 Å². The molecule has 3 heterocycles. The van der Waals surface area contributed by atoms with E-state index in [2.05, 4.69) is 27.2 Å². The molecule has 1 aromatic heterocycles. The summed E-state index contributed by atoms with van der Waals surface area (Å²) in [5.41, 5.74) is 2.62. The van der Waals surface area contributed by atoms with Crippen LogP contribution in [-0.4, -0.2) is 60.4 Å². The smallest absolute Gasteiger partial charge is 0.415 e. The van der Waals surface area contributed by atoms with Crippen molar-refractivity contribution in [3.63, 3.8) is 0 Å². The zero-order valence-electron chi connectivity index (χ0n) is 20.5. The molecule has 9 heteroatoms. The van der Waals surface area contributed by atoms with Gasteiger partial charge in [0, 0.05) is 37.4 Å². The molecule has 0 bridgehead atoms. The van der Waals surface area contributed by atoms with Crippen LogP contribution in [0.3, 0.4) is 0 Å². The largest absolute Gasteiger partial charge is 0.494 e. The van der Waals surface area contributed by atoms with E-state index < -0.39 is 11.7 Å². The summed E-state index contributed by atoms with van der Waals surface area (Å²) in [6.45, 7) is 6.03. The van der Waals surface area contributed by atoms with E-state index in [1.165, 1.54) is 6.33 Å². The number of amides is 1. The lowest BCUT2D eigenvalue weighted by Gasteiger charge is -2.35.